The normalized spacial score (nSPS) is 11.0. The molecule has 2 aromatic rings. The fraction of sp³-hybridized carbons (Fsp3) is 0.476. The van der Waals surface area contributed by atoms with Gasteiger partial charge >= 0.3 is 6.03 Å². The molecule has 1 aromatic carbocycles. The van der Waals surface area contributed by atoms with Gasteiger partial charge in [-0.05, 0) is 49.5 Å². The number of anilines is 1. The second-order valence-electron chi connectivity index (χ2n) is 7.68. The number of carbonyl (C=O) groups excluding carboxylic acids is 2. The minimum absolute atomic E-state index is 0.0205. The fourth-order valence-electron chi connectivity index (χ4n) is 2.87. The molecule has 0 fully saturated rings. The van der Waals surface area contributed by atoms with Crippen LogP contribution in [0, 0.1) is 24.4 Å². The zero-order valence-corrected chi connectivity index (χ0v) is 19.5. The van der Waals surface area contributed by atoms with E-state index in [0.29, 0.717) is 12.6 Å². The molecule has 0 saturated heterocycles. The van der Waals surface area contributed by atoms with Gasteiger partial charge in [0.05, 0.1) is 5.56 Å². The molecule has 0 aliphatic heterocycles. The highest BCUT2D eigenvalue weighted by Crippen LogP contribution is 2.31. The van der Waals surface area contributed by atoms with Crippen LogP contribution in [0.4, 0.5) is 23.0 Å². The summed E-state index contributed by atoms with van der Waals surface area (Å²) in [4.78, 5) is 24.0. The molecule has 1 heterocycles. The van der Waals surface area contributed by atoms with Crippen LogP contribution in [0.2, 0.25) is 0 Å². The Kier molecular flexibility index (Phi) is 9.92. The van der Waals surface area contributed by atoms with Gasteiger partial charge < -0.3 is 21.1 Å². The van der Waals surface area contributed by atoms with Gasteiger partial charge in [-0.15, -0.1) is 0 Å². The van der Waals surface area contributed by atoms with Gasteiger partial charge in [-0.3, -0.25) is 10.1 Å². The first-order valence-corrected chi connectivity index (χ1v) is 11.2. The number of urea groups is 1. The van der Waals surface area contributed by atoms with Crippen molar-refractivity contribution in [3.05, 3.63) is 40.2 Å². The van der Waals surface area contributed by atoms with E-state index in [0.717, 1.165) is 43.4 Å². The first-order chi connectivity index (χ1) is 15.6. The number of hydrogen-bond donors (Lipinski definition) is 4. The topological polar surface area (TPSA) is 118 Å². The van der Waals surface area contributed by atoms with Gasteiger partial charge in [-0.1, -0.05) is 20.3 Å². The molecular weight excluding hydrogens is 459 g/mol. The Labute approximate surface area is 194 Å². The van der Waals surface area contributed by atoms with E-state index in [4.69, 9.17) is 10.5 Å². The van der Waals surface area contributed by atoms with Gasteiger partial charge in [0.2, 0.25) is 5.88 Å². The van der Waals surface area contributed by atoms with Crippen molar-refractivity contribution < 1.29 is 27.5 Å². The Morgan fingerprint density at radius 3 is 2.52 bits per heavy atom. The molecule has 12 heteroatoms. The molecule has 0 saturated carbocycles. The summed E-state index contributed by atoms with van der Waals surface area (Å²) in [5.74, 6) is -4.86. The van der Waals surface area contributed by atoms with E-state index >= 15 is 0 Å². The number of hydrogen-bond acceptors (Lipinski definition) is 6. The van der Waals surface area contributed by atoms with Crippen LogP contribution in [0.3, 0.4) is 0 Å². The highest BCUT2D eigenvalue weighted by molar-refractivity contribution is 7.11. The van der Waals surface area contributed by atoms with Crippen LogP contribution in [0.15, 0.2) is 6.07 Å². The second kappa shape index (κ2) is 12.4. The van der Waals surface area contributed by atoms with Crippen molar-refractivity contribution in [1.29, 1.82) is 0 Å². The van der Waals surface area contributed by atoms with E-state index in [1.807, 2.05) is 0 Å². The second-order valence-corrected chi connectivity index (χ2v) is 8.45. The number of ether oxygens (including phenoxy) is 1. The average Bonchev–Trinajstić information content (AvgIpc) is 3.13. The van der Waals surface area contributed by atoms with Crippen molar-refractivity contribution in [3.8, 4) is 5.88 Å². The minimum Gasteiger partial charge on any atom is -0.471 e. The van der Waals surface area contributed by atoms with Crippen molar-refractivity contribution in [3.63, 3.8) is 0 Å². The molecule has 0 radical (unpaired) electrons. The predicted octanol–water partition coefficient (Wildman–Crippen LogP) is 3.84. The standard InChI is InChI=1S/C21H28F3N5O3S/c1-11(2)26-7-5-4-6-8-27-21(31)28-20-15(18(25)30)19(29-33-20)32-10-13-14(22)9-12(3)16(23)17(13)24/h9,11,26H,4-8,10H2,1-3H3,(H2,25,30)(H2,27,28,31). The molecule has 0 aliphatic carbocycles. The van der Waals surface area contributed by atoms with Crippen LogP contribution < -0.4 is 26.4 Å². The maximum atomic E-state index is 14.0. The summed E-state index contributed by atoms with van der Waals surface area (Å²) < 4.78 is 50.9. The monoisotopic (exact) mass is 487 g/mol. The molecule has 8 nitrogen and oxygen atoms in total. The molecule has 33 heavy (non-hydrogen) atoms. The SMILES string of the molecule is Cc1cc(F)c(COc2nsc(NC(=O)NCCCCCNC(C)C)c2C(N)=O)c(F)c1F. The van der Waals surface area contributed by atoms with Gasteiger partial charge in [-0.25, -0.2) is 18.0 Å². The summed E-state index contributed by atoms with van der Waals surface area (Å²) in [6.45, 7) is 5.97. The molecule has 5 N–H and O–H groups in total. The Balaban J connectivity index is 1.93. The number of benzene rings is 1. The zero-order chi connectivity index (χ0) is 24.5. The third-order valence-corrected chi connectivity index (χ3v) is 5.36. The van der Waals surface area contributed by atoms with Gasteiger partial charge in [0.1, 0.15) is 23.0 Å². The van der Waals surface area contributed by atoms with Gasteiger partial charge in [0, 0.05) is 12.6 Å². The third-order valence-electron chi connectivity index (χ3n) is 4.61. The summed E-state index contributed by atoms with van der Waals surface area (Å²) >= 11 is 0.717. The van der Waals surface area contributed by atoms with E-state index in [2.05, 4.69) is 34.2 Å². The first-order valence-electron chi connectivity index (χ1n) is 10.4. The Morgan fingerprint density at radius 2 is 1.85 bits per heavy atom. The van der Waals surface area contributed by atoms with Crippen LogP contribution in [0.1, 0.15) is 54.6 Å². The van der Waals surface area contributed by atoms with Crippen molar-refractivity contribution in [2.75, 3.05) is 18.4 Å². The van der Waals surface area contributed by atoms with Crippen LogP contribution >= 0.6 is 11.5 Å². The van der Waals surface area contributed by atoms with Gasteiger partial charge in [0.25, 0.3) is 5.91 Å². The van der Waals surface area contributed by atoms with Crippen LogP contribution in [0.5, 0.6) is 5.88 Å². The van der Waals surface area contributed by atoms with E-state index in [1.54, 1.807) is 0 Å². The number of carbonyl (C=O) groups is 2. The molecule has 0 atom stereocenters. The minimum atomic E-state index is -1.39. The lowest BCUT2D eigenvalue weighted by Crippen LogP contribution is -2.30. The Hall–Kier alpha value is -2.86. The van der Waals surface area contributed by atoms with Gasteiger partial charge in [0.15, 0.2) is 11.6 Å². The number of unbranched alkanes of at least 4 members (excludes halogenated alkanes) is 2. The quantitative estimate of drug-likeness (QED) is 0.268. The number of halogens is 3. The number of nitrogens with one attached hydrogen (secondary N) is 3. The van der Waals surface area contributed by atoms with Gasteiger partial charge in [-0.2, -0.15) is 4.37 Å². The smallest absolute Gasteiger partial charge is 0.319 e. The molecule has 0 spiro atoms. The average molecular weight is 488 g/mol. The summed E-state index contributed by atoms with van der Waals surface area (Å²) in [7, 11) is 0. The molecule has 2 rings (SSSR count). The fourth-order valence-corrected chi connectivity index (χ4v) is 3.60. The van der Waals surface area contributed by atoms with Crippen molar-refractivity contribution in [1.82, 2.24) is 15.0 Å². The number of nitrogens with zero attached hydrogens (tertiary/aromatic N) is 1. The van der Waals surface area contributed by atoms with Crippen LogP contribution in [0.25, 0.3) is 0 Å². The number of aryl methyl sites for hydroxylation is 1. The van der Waals surface area contributed by atoms with E-state index in [9.17, 15) is 22.8 Å². The van der Waals surface area contributed by atoms with E-state index in [-0.39, 0.29) is 22.0 Å². The maximum absolute atomic E-state index is 14.0. The number of nitrogens with two attached hydrogens (primary N) is 1. The van der Waals surface area contributed by atoms with Crippen molar-refractivity contribution in [2.24, 2.45) is 5.73 Å². The zero-order valence-electron chi connectivity index (χ0n) is 18.7. The van der Waals surface area contributed by atoms with E-state index in [1.165, 1.54) is 6.92 Å². The lowest BCUT2D eigenvalue weighted by Gasteiger charge is -2.10. The number of rotatable bonds is 12. The summed E-state index contributed by atoms with van der Waals surface area (Å²) in [5, 5.41) is 8.47. The summed E-state index contributed by atoms with van der Waals surface area (Å²) in [5.41, 5.74) is 4.27. The highest BCUT2D eigenvalue weighted by Gasteiger charge is 2.24. The lowest BCUT2D eigenvalue weighted by molar-refractivity contribution is 0.0996. The predicted molar refractivity (Wildman–Crippen MR) is 120 cm³/mol. The molecule has 3 amide bonds. The molecule has 1 aromatic heterocycles. The summed E-state index contributed by atoms with van der Waals surface area (Å²) in [6.07, 6.45) is 2.68. The van der Waals surface area contributed by atoms with Crippen molar-refractivity contribution in [2.45, 2.75) is 52.7 Å². The first kappa shape index (κ1) is 26.4. The highest BCUT2D eigenvalue weighted by atomic mass is 32.1. The lowest BCUT2D eigenvalue weighted by atomic mass is 10.1. The molecule has 0 unspecified atom stereocenters. The molecule has 0 bridgehead atoms. The molecule has 182 valence electrons. The molecule has 0 aliphatic rings. The summed E-state index contributed by atoms with van der Waals surface area (Å²) in [6, 6.07) is 0.703. The number of aromatic nitrogens is 1. The van der Waals surface area contributed by atoms with Crippen LogP contribution in [-0.2, 0) is 6.61 Å². The van der Waals surface area contributed by atoms with Crippen LogP contribution in [-0.4, -0.2) is 35.4 Å². The van der Waals surface area contributed by atoms with Crippen molar-refractivity contribution >= 4 is 28.5 Å². The number of amides is 3. The molecular formula is C21H28F3N5O3S. The Bertz CT molecular complexity index is 985. The number of primary amides is 1. The maximum Gasteiger partial charge on any atom is 0.319 e. The largest absolute Gasteiger partial charge is 0.471 e. The Morgan fingerprint density at radius 1 is 1.15 bits per heavy atom. The third kappa shape index (κ3) is 7.60. The van der Waals surface area contributed by atoms with E-state index < -0.39 is 41.6 Å².